The Hall–Kier alpha value is -2.37. The van der Waals surface area contributed by atoms with Crippen molar-refractivity contribution in [2.75, 3.05) is 18.4 Å². The van der Waals surface area contributed by atoms with E-state index >= 15 is 0 Å². The third-order valence-corrected chi connectivity index (χ3v) is 4.70. The maximum atomic E-state index is 12.7. The lowest BCUT2D eigenvalue weighted by atomic mass is 9.97. The highest BCUT2D eigenvalue weighted by Gasteiger charge is 2.28. The molecular weight excluding hydrogens is 302 g/mol. The fourth-order valence-corrected chi connectivity index (χ4v) is 3.34. The molecule has 0 spiro atoms. The summed E-state index contributed by atoms with van der Waals surface area (Å²) in [7, 11) is 0. The number of rotatable bonds is 4. The number of nitrogens with zero attached hydrogens (tertiary/aromatic N) is 4. The number of aromatic nitrogens is 3. The van der Waals surface area contributed by atoms with Gasteiger partial charge in [-0.1, -0.05) is 25.1 Å². The van der Waals surface area contributed by atoms with Crippen molar-refractivity contribution in [3.8, 4) is 0 Å². The van der Waals surface area contributed by atoms with Crippen LogP contribution in [-0.4, -0.2) is 38.8 Å². The van der Waals surface area contributed by atoms with Crippen molar-refractivity contribution in [3.05, 3.63) is 42.0 Å². The molecule has 1 fully saturated rings. The Labute approximate surface area is 142 Å². The molecule has 2 heterocycles. The summed E-state index contributed by atoms with van der Waals surface area (Å²) in [5.74, 6) is 1.25. The van der Waals surface area contributed by atoms with Gasteiger partial charge in [-0.25, -0.2) is 4.79 Å². The molecule has 128 valence electrons. The van der Waals surface area contributed by atoms with E-state index in [2.05, 4.69) is 40.0 Å². The summed E-state index contributed by atoms with van der Waals surface area (Å²) in [4.78, 5) is 14.6. The van der Waals surface area contributed by atoms with Gasteiger partial charge in [0.2, 0.25) is 0 Å². The van der Waals surface area contributed by atoms with Gasteiger partial charge in [-0.3, -0.25) is 0 Å². The number of urea groups is 1. The standard InChI is InChI=1S/C18H25N5O/c1-3-14-8-5-6-10-16(14)20-18(24)23-11-7-9-15(12-23)17-21-19-13-22(17)4-2/h5-6,8,10,13,15H,3-4,7,9,11-12H2,1-2H3,(H,20,24)/t15-/m1/s1. The van der Waals surface area contributed by atoms with Crippen LogP contribution in [0.15, 0.2) is 30.6 Å². The lowest BCUT2D eigenvalue weighted by molar-refractivity contribution is 0.190. The van der Waals surface area contributed by atoms with Crippen LogP contribution in [0.5, 0.6) is 0 Å². The van der Waals surface area contributed by atoms with E-state index in [4.69, 9.17) is 0 Å². The molecule has 0 unspecified atom stereocenters. The highest BCUT2D eigenvalue weighted by Crippen LogP contribution is 2.26. The fraction of sp³-hybridized carbons (Fsp3) is 0.500. The third kappa shape index (κ3) is 3.42. The molecule has 1 atom stereocenters. The van der Waals surface area contributed by atoms with E-state index in [-0.39, 0.29) is 11.9 Å². The van der Waals surface area contributed by atoms with Crippen LogP contribution in [0.1, 0.15) is 44.0 Å². The molecule has 1 aliphatic rings. The second kappa shape index (κ2) is 7.47. The minimum absolute atomic E-state index is 0.0248. The molecule has 6 heteroatoms. The maximum Gasteiger partial charge on any atom is 0.321 e. The van der Waals surface area contributed by atoms with Gasteiger partial charge in [0.1, 0.15) is 12.2 Å². The van der Waals surface area contributed by atoms with E-state index in [1.165, 1.54) is 0 Å². The lowest BCUT2D eigenvalue weighted by Gasteiger charge is -2.32. The normalized spacial score (nSPS) is 17.8. The smallest absolute Gasteiger partial charge is 0.321 e. The fourth-order valence-electron chi connectivity index (χ4n) is 3.34. The number of nitrogens with one attached hydrogen (secondary N) is 1. The third-order valence-electron chi connectivity index (χ3n) is 4.70. The van der Waals surface area contributed by atoms with Crippen LogP contribution in [0.25, 0.3) is 0 Å². The SMILES string of the molecule is CCc1ccccc1NC(=O)N1CCC[C@@H](c2nncn2CC)C1. The molecule has 24 heavy (non-hydrogen) atoms. The Bertz CT molecular complexity index is 696. The molecule has 0 aliphatic carbocycles. The average molecular weight is 327 g/mol. The summed E-state index contributed by atoms with van der Waals surface area (Å²) in [5.41, 5.74) is 2.06. The van der Waals surface area contributed by atoms with Crippen LogP contribution in [-0.2, 0) is 13.0 Å². The lowest BCUT2D eigenvalue weighted by Crippen LogP contribution is -2.42. The monoisotopic (exact) mass is 327 g/mol. The van der Waals surface area contributed by atoms with Gasteiger partial charge in [-0.05, 0) is 37.8 Å². The van der Waals surface area contributed by atoms with Gasteiger partial charge < -0.3 is 14.8 Å². The first-order chi connectivity index (χ1) is 11.7. The van der Waals surface area contributed by atoms with Crippen LogP contribution in [0.4, 0.5) is 10.5 Å². The maximum absolute atomic E-state index is 12.7. The van der Waals surface area contributed by atoms with Gasteiger partial charge >= 0.3 is 6.03 Å². The number of carbonyl (C=O) groups excluding carboxylic acids is 1. The molecule has 0 bridgehead atoms. The Balaban J connectivity index is 1.69. The average Bonchev–Trinajstić information content (AvgIpc) is 3.11. The number of piperidine rings is 1. The van der Waals surface area contributed by atoms with Gasteiger partial charge in [0.25, 0.3) is 0 Å². The molecule has 0 radical (unpaired) electrons. The summed E-state index contributed by atoms with van der Waals surface area (Å²) < 4.78 is 2.07. The summed E-state index contributed by atoms with van der Waals surface area (Å²) in [5, 5.41) is 11.4. The molecule has 0 saturated carbocycles. The minimum atomic E-state index is -0.0248. The molecule has 1 aromatic carbocycles. The predicted octanol–water partition coefficient (Wildman–Crippen LogP) is 3.27. The van der Waals surface area contributed by atoms with Gasteiger partial charge in [0.15, 0.2) is 0 Å². The van der Waals surface area contributed by atoms with Crippen molar-refractivity contribution in [2.24, 2.45) is 0 Å². The number of hydrogen-bond acceptors (Lipinski definition) is 3. The number of aryl methyl sites for hydroxylation is 2. The van der Waals surface area contributed by atoms with Gasteiger partial charge in [-0.15, -0.1) is 10.2 Å². The van der Waals surface area contributed by atoms with Gasteiger partial charge in [-0.2, -0.15) is 0 Å². The van der Waals surface area contributed by atoms with Crippen molar-refractivity contribution >= 4 is 11.7 Å². The summed E-state index contributed by atoms with van der Waals surface area (Å²) in [6.45, 7) is 6.52. The number of hydrogen-bond donors (Lipinski definition) is 1. The van der Waals surface area contributed by atoms with Crippen LogP contribution >= 0.6 is 0 Å². The van der Waals surface area contributed by atoms with Crippen LogP contribution in [0.3, 0.4) is 0 Å². The number of likely N-dealkylation sites (tertiary alicyclic amines) is 1. The molecular formula is C18H25N5O. The Morgan fingerprint density at radius 1 is 1.33 bits per heavy atom. The van der Waals surface area contributed by atoms with Crippen molar-refractivity contribution in [1.82, 2.24) is 19.7 Å². The van der Waals surface area contributed by atoms with Crippen molar-refractivity contribution in [2.45, 2.75) is 45.6 Å². The number of para-hydroxylation sites is 1. The molecule has 2 aromatic rings. The van der Waals surface area contributed by atoms with E-state index in [0.717, 1.165) is 49.4 Å². The molecule has 1 aromatic heterocycles. The topological polar surface area (TPSA) is 63.1 Å². The predicted molar refractivity (Wildman–Crippen MR) is 94.1 cm³/mol. The van der Waals surface area contributed by atoms with Crippen molar-refractivity contribution < 1.29 is 4.79 Å². The van der Waals surface area contributed by atoms with Gasteiger partial charge in [0, 0.05) is 31.2 Å². The number of anilines is 1. The molecule has 1 saturated heterocycles. The number of benzene rings is 1. The van der Waals surface area contributed by atoms with E-state index in [1.54, 1.807) is 6.33 Å². The molecule has 6 nitrogen and oxygen atoms in total. The first-order valence-corrected chi connectivity index (χ1v) is 8.74. The Morgan fingerprint density at radius 2 is 2.17 bits per heavy atom. The van der Waals surface area contributed by atoms with Crippen molar-refractivity contribution in [3.63, 3.8) is 0 Å². The van der Waals surface area contributed by atoms with E-state index in [0.29, 0.717) is 6.54 Å². The van der Waals surface area contributed by atoms with Gasteiger partial charge in [0.05, 0.1) is 0 Å². The zero-order valence-electron chi connectivity index (χ0n) is 14.4. The summed E-state index contributed by atoms with van der Waals surface area (Å²) in [6.07, 6.45) is 4.71. The quantitative estimate of drug-likeness (QED) is 0.937. The largest absolute Gasteiger partial charge is 0.324 e. The summed E-state index contributed by atoms with van der Waals surface area (Å²) in [6, 6.07) is 7.95. The van der Waals surface area contributed by atoms with Crippen LogP contribution in [0, 0.1) is 0 Å². The van der Waals surface area contributed by atoms with E-state index in [1.807, 2.05) is 23.1 Å². The van der Waals surface area contributed by atoms with E-state index < -0.39 is 0 Å². The van der Waals surface area contributed by atoms with Crippen LogP contribution < -0.4 is 5.32 Å². The van der Waals surface area contributed by atoms with Crippen molar-refractivity contribution in [1.29, 1.82) is 0 Å². The number of amides is 2. The molecule has 1 N–H and O–H groups in total. The zero-order chi connectivity index (χ0) is 16.9. The number of carbonyl (C=O) groups is 1. The molecule has 3 rings (SSSR count). The second-order valence-electron chi connectivity index (χ2n) is 6.20. The summed E-state index contributed by atoms with van der Waals surface area (Å²) >= 11 is 0. The second-order valence-corrected chi connectivity index (χ2v) is 6.20. The zero-order valence-corrected chi connectivity index (χ0v) is 14.4. The molecule has 2 amide bonds. The minimum Gasteiger partial charge on any atom is -0.324 e. The van der Waals surface area contributed by atoms with Crippen LogP contribution in [0.2, 0.25) is 0 Å². The first-order valence-electron chi connectivity index (χ1n) is 8.74. The highest BCUT2D eigenvalue weighted by atomic mass is 16.2. The first kappa shape index (κ1) is 16.5. The molecule has 1 aliphatic heterocycles. The highest BCUT2D eigenvalue weighted by molar-refractivity contribution is 5.90. The Kier molecular flexibility index (Phi) is 5.13. The Morgan fingerprint density at radius 3 is 2.96 bits per heavy atom. The van der Waals surface area contributed by atoms with E-state index in [9.17, 15) is 4.79 Å².